The molecule has 0 aliphatic carbocycles. The average Bonchev–Trinajstić information content (AvgIpc) is 2.84. The summed E-state index contributed by atoms with van der Waals surface area (Å²) in [5.41, 5.74) is 0.400. The van der Waals surface area contributed by atoms with Gasteiger partial charge in [-0.3, -0.25) is 0 Å². The van der Waals surface area contributed by atoms with Crippen LogP contribution >= 0.6 is 11.6 Å². The van der Waals surface area contributed by atoms with Gasteiger partial charge in [-0.15, -0.1) is 0 Å². The minimum atomic E-state index is -0.178. The van der Waals surface area contributed by atoms with Crippen molar-refractivity contribution in [2.75, 3.05) is 0 Å². The molecule has 4 nitrogen and oxygen atoms in total. The predicted octanol–water partition coefficient (Wildman–Crippen LogP) is 2.95. The van der Waals surface area contributed by atoms with Crippen LogP contribution in [-0.2, 0) is 0 Å². The van der Waals surface area contributed by atoms with Gasteiger partial charge in [0.2, 0.25) is 0 Å². The molecular formula is C16H9ClN2O2Se. The average molecular weight is 376 g/mol. The maximum absolute atomic E-state index is 12.6. The van der Waals surface area contributed by atoms with Gasteiger partial charge < -0.3 is 0 Å². The van der Waals surface area contributed by atoms with Crippen molar-refractivity contribution in [2.24, 2.45) is 0 Å². The van der Waals surface area contributed by atoms with E-state index in [-0.39, 0.29) is 26.0 Å². The summed E-state index contributed by atoms with van der Waals surface area (Å²) in [6.07, 6.45) is 0. The normalized spacial score (nSPS) is 11.3. The summed E-state index contributed by atoms with van der Waals surface area (Å²) in [7, 11) is 0. The molecule has 2 aromatic heterocycles. The Morgan fingerprint density at radius 2 is 2.00 bits per heavy atom. The molecule has 0 amide bonds. The molecule has 0 aliphatic heterocycles. The third kappa shape index (κ3) is 2.06. The Morgan fingerprint density at radius 1 is 1.14 bits per heavy atom. The number of rotatable bonds is 1. The van der Waals surface area contributed by atoms with Crippen molar-refractivity contribution in [3.63, 3.8) is 0 Å². The summed E-state index contributed by atoms with van der Waals surface area (Å²) in [6.45, 7) is 0. The van der Waals surface area contributed by atoms with E-state index in [0.29, 0.717) is 21.7 Å². The Labute approximate surface area is 136 Å². The Kier molecular flexibility index (Phi) is 3.08. The molecule has 0 unspecified atom stereocenters. The summed E-state index contributed by atoms with van der Waals surface area (Å²) in [5.74, 6) is 0.658. The van der Waals surface area contributed by atoms with Crippen molar-refractivity contribution in [3.05, 3.63) is 63.9 Å². The molecule has 2 heterocycles. The van der Waals surface area contributed by atoms with E-state index < -0.39 is 0 Å². The fourth-order valence-electron chi connectivity index (χ4n) is 2.38. The molecule has 0 fully saturated rings. The van der Waals surface area contributed by atoms with Crippen LogP contribution in [-0.4, -0.2) is 28.4 Å². The van der Waals surface area contributed by atoms with E-state index >= 15 is 0 Å². The van der Waals surface area contributed by atoms with Crippen molar-refractivity contribution < 1.29 is 5.11 Å². The zero-order valence-electron chi connectivity index (χ0n) is 11.2. The van der Waals surface area contributed by atoms with E-state index in [1.165, 1.54) is 0 Å². The molecule has 0 saturated heterocycles. The summed E-state index contributed by atoms with van der Waals surface area (Å²) in [4.78, 5) is 17.0. The molecule has 4 aromatic rings. The summed E-state index contributed by atoms with van der Waals surface area (Å²) >= 11 is 5.79. The molecule has 0 bridgehead atoms. The molecule has 108 valence electrons. The summed E-state index contributed by atoms with van der Waals surface area (Å²) in [6, 6.07) is 14.3. The maximum atomic E-state index is 12.6. The number of hydrogen-bond donors (Lipinski definition) is 1. The van der Waals surface area contributed by atoms with E-state index in [1.54, 1.807) is 33.9 Å². The molecule has 0 spiro atoms. The third-order valence-electron chi connectivity index (χ3n) is 3.44. The van der Waals surface area contributed by atoms with E-state index in [1.807, 2.05) is 18.2 Å². The number of pyridine rings is 1. The quantitative estimate of drug-likeness (QED) is 0.520. The zero-order chi connectivity index (χ0) is 15.3. The molecule has 22 heavy (non-hydrogen) atoms. The minimum absolute atomic E-state index is 0.0974. The number of hydrogen-bond acceptors (Lipinski definition) is 3. The van der Waals surface area contributed by atoms with Gasteiger partial charge in [-0.2, -0.15) is 0 Å². The Morgan fingerprint density at radius 3 is 2.86 bits per heavy atom. The molecule has 0 radical (unpaired) electrons. The number of phenolic OH excluding ortho intramolecular Hbond substituents is 1. The first-order chi connectivity index (χ1) is 10.6. The molecule has 0 atom stereocenters. The molecule has 0 saturated carbocycles. The summed E-state index contributed by atoms with van der Waals surface area (Å²) in [5, 5.41) is 12.0. The SMILES string of the molecule is O=c1c2cc(Cl)ccc2[se]n1-c1ccc2cccc(O)c2n1. The van der Waals surface area contributed by atoms with E-state index in [4.69, 9.17) is 11.6 Å². The van der Waals surface area contributed by atoms with Crippen LogP contribution in [0.15, 0.2) is 53.3 Å². The molecule has 1 N–H and O–H groups in total. The number of fused-ring (bicyclic) bond motifs is 2. The number of nitrogens with zero attached hydrogens (tertiary/aromatic N) is 2. The fourth-order valence-corrected chi connectivity index (χ4v) is 4.54. The van der Waals surface area contributed by atoms with E-state index in [0.717, 1.165) is 9.65 Å². The van der Waals surface area contributed by atoms with E-state index in [9.17, 15) is 9.90 Å². The van der Waals surface area contributed by atoms with Crippen LogP contribution in [0.5, 0.6) is 5.75 Å². The number of aromatic nitrogens is 2. The van der Waals surface area contributed by atoms with Gasteiger partial charge in [0.25, 0.3) is 0 Å². The summed E-state index contributed by atoms with van der Waals surface area (Å²) < 4.78 is 2.64. The van der Waals surface area contributed by atoms with Gasteiger partial charge in [0.05, 0.1) is 0 Å². The second-order valence-electron chi connectivity index (χ2n) is 4.85. The van der Waals surface area contributed by atoms with Crippen LogP contribution in [0, 0.1) is 0 Å². The number of phenols is 1. The number of aromatic hydroxyl groups is 1. The number of para-hydroxylation sites is 1. The van der Waals surface area contributed by atoms with Gasteiger partial charge in [0.1, 0.15) is 0 Å². The van der Waals surface area contributed by atoms with Gasteiger partial charge in [-0.05, 0) is 0 Å². The molecule has 6 heteroatoms. The van der Waals surface area contributed by atoms with Crippen LogP contribution in [0.1, 0.15) is 0 Å². The molecule has 4 rings (SSSR count). The van der Waals surface area contributed by atoms with Crippen molar-refractivity contribution in [3.8, 4) is 11.6 Å². The Hall–Kier alpha value is -2.07. The van der Waals surface area contributed by atoms with E-state index in [2.05, 4.69) is 4.98 Å². The van der Waals surface area contributed by atoms with Gasteiger partial charge in [-0.25, -0.2) is 0 Å². The van der Waals surface area contributed by atoms with Gasteiger partial charge in [0.15, 0.2) is 0 Å². The number of benzene rings is 2. The van der Waals surface area contributed by atoms with Crippen LogP contribution in [0.4, 0.5) is 0 Å². The van der Waals surface area contributed by atoms with Gasteiger partial charge in [0, 0.05) is 0 Å². The standard InChI is InChI=1S/C16H9ClN2O2Se/c17-10-5-6-13-11(8-10)16(21)19(22-13)14-7-4-9-2-1-3-12(20)15(9)18-14/h1-8,20H. The van der Waals surface area contributed by atoms with Crippen molar-refractivity contribution in [1.82, 2.24) is 8.55 Å². The zero-order valence-corrected chi connectivity index (χ0v) is 13.6. The van der Waals surface area contributed by atoms with Gasteiger partial charge >= 0.3 is 136 Å². The van der Waals surface area contributed by atoms with Crippen molar-refractivity contribution >= 4 is 46.9 Å². The third-order valence-corrected chi connectivity index (χ3v) is 5.96. The second-order valence-corrected chi connectivity index (χ2v) is 7.36. The Bertz CT molecular complexity index is 1080. The second kappa shape index (κ2) is 4.99. The fraction of sp³-hybridized carbons (Fsp3) is 0. The van der Waals surface area contributed by atoms with Crippen LogP contribution in [0.3, 0.4) is 0 Å². The first-order valence-corrected chi connectivity index (χ1v) is 8.54. The van der Waals surface area contributed by atoms with Crippen molar-refractivity contribution in [2.45, 2.75) is 0 Å². The van der Waals surface area contributed by atoms with Crippen LogP contribution in [0.25, 0.3) is 26.4 Å². The monoisotopic (exact) mass is 376 g/mol. The molecule has 2 aromatic carbocycles. The first-order valence-electron chi connectivity index (χ1n) is 6.54. The topological polar surface area (TPSA) is 55.1 Å². The first kappa shape index (κ1) is 13.6. The molecular weight excluding hydrogens is 367 g/mol. The van der Waals surface area contributed by atoms with Crippen LogP contribution in [0.2, 0.25) is 5.02 Å². The van der Waals surface area contributed by atoms with Gasteiger partial charge in [-0.1, -0.05) is 0 Å². The Balaban J connectivity index is 2.01. The molecule has 0 aliphatic rings. The van der Waals surface area contributed by atoms with Crippen LogP contribution < -0.4 is 5.56 Å². The predicted molar refractivity (Wildman–Crippen MR) is 88.5 cm³/mol. The van der Waals surface area contributed by atoms with Crippen molar-refractivity contribution in [1.29, 1.82) is 0 Å². The number of halogens is 1.